The topological polar surface area (TPSA) is 108 Å². The molecule has 11 nitrogen and oxygen atoms in total. The van der Waals surface area contributed by atoms with Crippen molar-refractivity contribution in [2.24, 2.45) is 13.5 Å². The third kappa shape index (κ3) is 7.61. The summed E-state index contributed by atoms with van der Waals surface area (Å²) in [6.07, 6.45) is 0. The molecule has 1 fully saturated rings. The Bertz CT molecular complexity index is 1270. The Morgan fingerprint density at radius 3 is 2.08 bits per heavy atom. The van der Waals surface area contributed by atoms with Crippen LogP contribution in [0.4, 0.5) is 0 Å². The molecule has 2 unspecified atom stereocenters. The Hall–Kier alpha value is -0.510. The summed E-state index contributed by atoms with van der Waals surface area (Å²) in [4.78, 5) is 0. The van der Waals surface area contributed by atoms with E-state index in [1.807, 2.05) is 42.5 Å². The van der Waals surface area contributed by atoms with Gasteiger partial charge in [0.15, 0.2) is 0 Å². The maximum absolute atomic E-state index is 6.81. The summed E-state index contributed by atoms with van der Waals surface area (Å²) in [5.41, 5.74) is 0. The van der Waals surface area contributed by atoms with Crippen LogP contribution in [0.1, 0.15) is 0 Å². The van der Waals surface area contributed by atoms with Gasteiger partial charge in [-0.3, -0.25) is 4.52 Å². The van der Waals surface area contributed by atoms with Crippen molar-refractivity contribution in [2.75, 3.05) is 79.0 Å². The van der Waals surface area contributed by atoms with E-state index in [1.54, 1.807) is 0 Å². The van der Waals surface area contributed by atoms with Gasteiger partial charge in [0.25, 0.3) is 13.5 Å². The number of benzene rings is 2. The molecule has 0 saturated carbocycles. The number of nitrogens with one attached hydrogen (secondary N) is 1. The number of hydrogen-bond acceptors (Lipinski definition) is 11. The summed E-state index contributed by atoms with van der Waals surface area (Å²) in [5, 5.41) is 5.45. The fourth-order valence-corrected chi connectivity index (χ4v) is 16.0. The van der Waals surface area contributed by atoms with Gasteiger partial charge >= 0.3 is 7.66 Å². The van der Waals surface area contributed by atoms with Crippen LogP contribution in [0, 0.1) is 0 Å². The largest absolute Gasteiger partial charge is 0.422 e. The van der Waals surface area contributed by atoms with E-state index in [4.69, 9.17) is 59.3 Å². The molecule has 2 aromatic carbocycles. The van der Waals surface area contributed by atoms with Crippen molar-refractivity contribution in [2.45, 2.75) is 0 Å². The molecule has 16 heteroatoms. The summed E-state index contributed by atoms with van der Waals surface area (Å²) < 4.78 is 52.9. The quantitative estimate of drug-likeness (QED) is 0.383. The fourth-order valence-electron chi connectivity index (χ4n) is 4.09. The Labute approximate surface area is 232 Å². The zero-order valence-corrected chi connectivity index (χ0v) is 25.1. The van der Waals surface area contributed by atoms with Gasteiger partial charge in [0.05, 0.1) is 52.9 Å². The minimum atomic E-state index is -3.44. The molecule has 0 aromatic heterocycles. The first-order valence-electron chi connectivity index (χ1n) is 12.5. The van der Waals surface area contributed by atoms with Crippen molar-refractivity contribution in [1.29, 1.82) is 0 Å². The van der Waals surface area contributed by atoms with Gasteiger partial charge in [0, 0.05) is 26.2 Å². The molecule has 2 bridgehead atoms. The van der Waals surface area contributed by atoms with E-state index in [0.717, 1.165) is 23.9 Å². The Morgan fingerprint density at radius 2 is 1.37 bits per heavy atom. The van der Waals surface area contributed by atoms with Crippen LogP contribution in [0.3, 0.4) is 0 Å². The third-order valence-electron chi connectivity index (χ3n) is 5.80. The second-order valence-electron chi connectivity index (χ2n) is 8.54. The zero-order valence-electron chi connectivity index (χ0n) is 20.9. The number of fused-ring (bicyclic) bond motifs is 2. The van der Waals surface area contributed by atoms with Crippen molar-refractivity contribution in [3.05, 3.63) is 42.5 Å². The van der Waals surface area contributed by atoms with Crippen molar-refractivity contribution >= 4 is 54.4 Å². The highest BCUT2D eigenvalue weighted by molar-refractivity contribution is 8.13. The average Bonchev–Trinajstić information content (AvgIpc) is 2.90. The van der Waals surface area contributed by atoms with Crippen molar-refractivity contribution in [3.63, 3.8) is 0 Å². The van der Waals surface area contributed by atoms with Gasteiger partial charge < -0.3 is 28.6 Å². The maximum Gasteiger partial charge on any atom is 0.400 e. The van der Waals surface area contributed by atoms with Crippen LogP contribution in [-0.2, 0) is 23.3 Å². The van der Waals surface area contributed by atoms with Crippen LogP contribution in [0.2, 0.25) is 0 Å². The predicted molar refractivity (Wildman–Crippen MR) is 153 cm³/mol. The number of piperazine rings is 1. The number of halogens is 2. The van der Waals surface area contributed by atoms with Crippen LogP contribution in [0.5, 0.6) is 5.75 Å². The summed E-state index contributed by atoms with van der Waals surface area (Å²) in [5.74, 6) is -2.73. The first-order valence-corrected chi connectivity index (χ1v) is 19.1. The fraction of sp³-hybridized carbons (Fsp3) is 0.545. The molecule has 3 aliphatic rings. The standard InChI is InChI=1S/C22H32Cl2N5O6P3/c23-36(24)26-37(29-9-7-25-8-10-29)28-38(27-36,35-22-6-5-20-3-1-2-4-21(20)19-22)34-18-16-32-14-12-30-11-13-31-15-17-33-37/h1-6,19,25H,7-18H2. The van der Waals surface area contributed by atoms with Gasteiger partial charge in [-0.25, -0.2) is 4.67 Å². The lowest BCUT2D eigenvalue weighted by Gasteiger charge is -2.38. The van der Waals surface area contributed by atoms with E-state index in [0.29, 0.717) is 58.5 Å². The monoisotopic (exact) mass is 625 g/mol. The average molecular weight is 626 g/mol. The molecule has 3 heterocycles. The highest BCUT2D eigenvalue weighted by atomic mass is 35.9. The van der Waals surface area contributed by atoms with Crippen LogP contribution in [0.25, 0.3) is 10.8 Å². The van der Waals surface area contributed by atoms with Gasteiger partial charge in [-0.1, -0.05) is 30.3 Å². The number of nitrogens with zero attached hydrogens (tertiary/aromatic N) is 4. The highest BCUT2D eigenvalue weighted by Crippen LogP contribution is 2.83. The van der Waals surface area contributed by atoms with Crippen LogP contribution in [-0.4, -0.2) is 83.7 Å². The summed E-state index contributed by atoms with van der Waals surface area (Å²) in [6, 6.07) is 13.8. The summed E-state index contributed by atoms with van der Waals surface area (Å²) in [7, 11) is -6.54. The first kappa shape index (κ1) is 29.0. The Balaban J connectivity index is 1.57. The van der Waals surface area contributed by atoms with E-state index in [9.17, 15) is 0 Å². The van der Waals surface area contributed by atoms with Crippen LogP contribution >= 0.6 is 43.6 Å². The molecule has 2 aromatic rings. The second kappa shape index (κ2) is 13.4. The molecule has 210 valence electrons. The van der Waals surface area contributed by atoms with Gasteiger partial charge in [-0.15, -0.1) is 4.52 Å². The molecule has 1 saturated heterocycles. The lowest BCUT2D eigenvalue weighted by molar-refractivity contribution is 0.00464. The molecular weight excluding hydrogens is 594 g/mol. The maximum atomic E-state index is 6.81. The molecular formula is C22H32Cl2N5O6P3. The van der Waals surface area contributed by atoms with Crippen molar-refractivity contribution in [1.82, 2.24) is 9.99 Å². The van der Waals surface area contributed by atoms with Crippen molar-refractivity contribution < 1.29 is 27.8 Å². The minimum Gasteiger partial charge on any atom is -0.422 e. The van der Waals surface area contributed by atoms with Gasteiger partial charge in [-0.05, 0) is 45.4 Å². The third-order valence-corrected chi connectivity index (χ3v) is 16.3. The smallest absolute Gasteiger partial charge is 0.400 e. The molecule has 5 rings (SSSR count). The highest BCUT2D eigenvalue weighted by Gasteiger charge is 2.43. The van der Waals surface area contributed by atoms with Gasteiger partial charge in [0.1, 0.15) is 5.75 Å². The normalized spacial score (nSPS) is 29.9. The van der Waals surface area contributed by atoms with Crippen LogP contribution in [0.15, 0.2) is 56.0 Å². The molecule has 0 aliphatic carbocycles. The lowest BCUT2D eigenvalue weighted by atomic mass is 10.1. The number of ether oxygens (including phenoxy) is 3. The molecule has 2 atom stereocenters. The Morgan fingerprint density at radius 1 is 0.737 bits per heavy atom. The first-order chi connectivity index (χ1) is 18.5. The zero-order chi connectivity index (χ0) is 26.3. The van der Waals surface area contributed by atoms with E-state index < -0.39 is 21.2 Å². The molecule has 3 aliphatic heterocycles. The van der Waals surface area contributed by atoms with Crippen LogP contribution < -0.4 is 9.84 Å². The molecule has 38 heavy (non-hydrogen) atoms. The van der Waals surface area contributed by atoms with E-state index in [-0.39, 0.29) is 13.2 Å². The molecule has 1 N–H and O–H groups in total. The summed E-state index contributed by atoms with van der Waals surface area (Å²) >= 11 is 13.6. The lowest BCUT2D eigenvalue weighted by Crippen LogP contribution is -2.41. The number of hydrogen-bond donors (Lipinski definition) is 1. The number of rotatable bonds is 3. The minimum absolute atomic E-state index is 0.173. The molecule has 0 spiro atoms. The van der Waals surface area contributed by atoms with Gasteiger partial charge in [-0.2, -0.15) is 9.03 Å². The van der Waals surface area contributed by atoms with Crippen molar-refractivity contribution in [3.8, 4) is 5.75 Å². The van der Waals surface area contributed by atoms with E-state index >= 15 is 0 Å². The van der Waals surface area contributed by atoms with Gasteiger partial charge in [0.2, 0.25) is 0 Å². The summed E-state index contributed by atoms with van der Waals surface area (Å²) in [6.45, 7) is 5.66. The second-order valence-corrected chi connectivity index (χ2v) is 18.2. The predicted octanol–water partition coefficient (Wildman–Crippen LogP) is 6.55. The molecule has 0 amide bonds. The van der Waals surface area contributed by atoms with E-state index in [2.05, 4.69) is 14.5 Å². The Kier molecular flexibility index (Phi) is 10.3. The SMILES string of the molecule is ClP1(Cl)=NP2(N3CCNCC3)=NP(Oc3ccc4ccccc4c3)(=N1)OCCOCCOCCOCCO2. The van der Waals surface area contributed by atoms with E-state index in [1.165, 1.54) is 0 Å². The molecule has 0 radical (unpaired) electrons.